The highest BCUT2D eigenvalue weighted by atomic mass is 32.1. The molecule has 0 bridgehead atoms. The molecule has 30 heavy (non-hydrogen) atoms. The minimum Gasteiger partial charge on any atom is -0.462 e. The van der Waals surface area contributed by atoms with E-state index in [2.05, 4.69) is 10.4 Å². The van der Waals surface area contributed by atoms with Crippen molar-refractivity contribution >= 4 is 39.9 Å². The number of carbonyl (C=O) groups is 3. The quantitative estimate of drug-likeness (QED) is 0.339. The van der Waals surface area contributed by atoms with Gasteiger partial charge in [0.2, 0.25) is 5.91 Å². The van der Waals surface area contributed by atoms with Gasteiger partial charge in [-0.25, -0.2) is 9.59 Å². The van der Waals surface area contributed by atoms with E-state index in [0.29, 0.717) is 18.5 Å². The van der Waals surface area contributed by atoms with Gasteiger partial charge in [0.25, 0.3) is 0 Å². The summed E-state index contributed by atoms with van der Waals surface area (Å²) in [6, 6.07) is 0. The summed E-state index contributed by atoms with van der Waals surface area (Å²) in [5.41, 5.74) is 0.385. The molecule has 2 rings (SSSR count). The molecule has 0 aromatic carbocycles. The van der Waals surface area contributed by atoms with Crippen LogP contribution in [0.2, 0.25) is 0 Å². The number of carbonyl (C=O) groups excluding carboxylic acids is 3. The molecule has 1 amide bonds. The molecule has 162 valence electrons. The van der Waals surface area contributed by atoms with Crippen molar-refractivity contribution in [1.82, 2.24) is 9.78 Å². The average molecular weight is 438 g/mol. The van der Waals surface area contributed by atoms with E-state index < -0.39 is 16.9 Å². The molecular formula is C18H22N4O7S. The van der Waals surface area contributed by atoms with Crippen LogP contribution in [-0.2, 0) is 20.8 Å². The lowest BCUT2D eigenvalue weighted by molar-refractivity contribution is -0.385. The summed E-state index contributed by atoms with van der Waals surface area (Å²) in [4.78, 5) is 47.2. The molecule has 0 saturated heterocycles. The van der Waals surface area contributed by atoms with Crippen LogP contribution in [0.15, 0.2) is 12.4 Å². The topological polar surface area (TPSA) is 143 Å². The lowest BCUT2D eigenvalue weighted by Gasteiger charge is -2.07. The zero-order valence-corrected chi connectivity index (χ0v) is 17.6. The Morgan fingerprint density at radius 2 is 1.90 bits per heavy atom. The van der Waals surface area contributed by atoms with E-state index in [4.69, 9.17) is 9.47 Å². The Kier molecular flexibility index (Phi) is 8.04. The second-order valence-corrected chi connectivity index (χ2v) is 7.09. The van der Waals surface area contributed by atoms with E-state index in [-0.39, 0.29) is 46.7 Å². The van der Waals surface area contributed by atoms with Crippen molar-refractivity contribution in [2.75, 3.05) is 18.5 Å². The third-order valence-electron chi connectivity index (χ3n) is 3.96. The molecule has 11 nitrogen and oxygen atoms in total. The van der Waals surface area contributed by atoms with Crippen LogP contribution < -0.4 is 5.32 Å². The molecular weight excluding hydrogens is 416 g/mol. The fourth-order valence-corrected chi connectivity index (χ4v) is 3.71. The van der Waals surface area contributed by atoms with Gasteiger partial charge in [0.15, 0.2) is 0 Å². The first-order chi connectivity index (χ1) is 14.3. The molecule has 0 fully saturated rings. The number of aryl methyl sites for hydroxylation is 1. The Labute approximate surface area is 176 Å². The Hall–Kier alpha value is -3.28. The number of hydrogen-bond donors (Lipinski definition) is 1. The van der Waals surface area contributed by atoms with E-state index in [1.165, 1.54) is 10.9 Å². The number of nitrogens with zero attached hydrogens (tertiary/aromatic N) is 3. The standard InChI is InChI=1S/C18H22N4O7S/c1-4-28-17(24)14-11(3)15(18(25)29-5-2)30-16(14)20-13(23)7-6-8-21-10-12(9-19-21)22(26)27/h9-10H,4-8H2,1-3H3,(H,20,23). The van der Waals surface area contributed by atoms with Crippen molar-refractivity contribution in [3.8, 4) is 0 Å². The molecule has 0 aliphatic heterocycles. The van der Waals surface area contributed by atoms with Gasteiger partial charge in [0, 0.05) is 13.0 Å². The predicted octanol–water partition coefficient (Wildman–Crippen LogP) is 2.93. The number of hydrogen-bond acceptors (Lipinski definition) is 9. The third-order valence-corrected chi connectivity index (χ3v) is 5.15. The summed E-state index contributed by atoms with van der Waals surface area (Å²) < 4.78 is 11.4. The zero-order valence-electron chi connectivity index (χ0n) is 16.8. The van der Waals surface area contributed by atoms with Crippen LogP contribution in [0, 0.1) is 17.0 Å². The molecule has 12 heteroatoms. The number of ether oxygens (including phenoxy) is 2. The van der Waals surface area contributed by atoms with Crippen LogP contribution >= 0.6 is 11.3 Å². The van der Waals surface area contributed by atoms with Crippen molar-refractivity contribution < 1.29 is 28.8 Å². The SMILES string of the molecule is CCOC(=O)c1sc(NC(=O)CCCn2cc([N+](=O)[O-])cn2)c(C(=O)OCC)c1C. The highest BCUT2D eigenvalue weighted by Crippen LogP contribution is 2.34. The Morgan fingerprint density at radius 3 is 2.50 bits per heavy atom. The number of aromatic nitrogens is 2. The summed E-state index contributed by atoms with van der Waals surface area (Å²) in [5.74, 6) is -1.59. The number of esters is 2. The fraction of sp³-hybridized carbons (Fsp3) is 0.444. The lowest BCUT2D eigenvalue weighted by Crippen LogP contribution is -2.15. The van der Waals surface area contributed by atoms with E-state index in [9.17, 15) is 24.5 Å². The minimum atomic E-state index is -0.638. The van der Waals surface area contributed by atoms with Gasteiger partial charge in [-0.2, -0.15) is 5.10 Å². The molecule has 1 N–H and O–H groups in total. The van der Waals surface area contributed by atoms with Crippen LogP contribution in [-0.4, -0.2) is 45.8 Å². The summed E-state index contributed by atoms with van der Waals surface area (Å²) >= 11 is 0.953. The van der Waals surface area contributed by atoms with Crippen LogP contribution in [0.25, 0.3) is 0 Å². The molecule has 0 atom stereocenters. The van der Waals surface area contributed by atoms with Crippen molar-refractivity contribution in [1.29, 1.82) is 0 Å². The molecule has 0 aliphatic carbocycles. The number of nitro groups is 1. The van der Waals surface area contributed by atoms with Gasteiger partial charge in [-0.15, -0.1) is 11.3 Å². The maximum Gasteiger partial charge on any atom is 0.348 e. The smallest absolute Gasteiger partial charge is 0.348 e. The van der Waals surface area contributed by atoms with Gasteiger partial charge < -0.3 is 14.8 Å². The number of amides is 1. The number of anilines is 1. The Morgan fingerprint density at radius 1 is 1.23 bits per heavy atom. The van der Waals surface area contributed by atoms with Gasteiger partial charge in [-0.05, 0) is 32.8 Å². The largest absolute Gasteiger partial charge is 0.462 e. The third kappa shape index (κ3) is 5.63. The average Bonchev–Trinajstić information content (AvgIpc) is 3.27. The minimum absolute atomic E-state index is 0.0849. The highest BCUT2D eigenvalue weighted by Gasteiger charge is 2.27. The van der Waals surface area contributed by atoms with Crippen molar-refractivity contribution in [2.24, 2.45) is 0 Å². The first-order valence-electron chi connectivity index (χ1n) is 9.22. The normalized spacial score (nSPS) is 10.5. The Bertz CT molecular complexity index is 950. The second kappa shape index (κ2) is 10.5. The van der Waals surface area contributed by atoms with Gasteiger partial charge >= 0.3 is 17.6 Å². The van der Waals surface area contributed by atoms with Crippen LogP contribution in [0.4, 0.5) is 10.7 Å². The number of rotatable bonds is 10. The summed E-state index contributed by atoms with van der Waals surface area (Å²) in [6.45, 7) is 5.55. The van der Waals surface area contributed by atoms with Crippen molar-refractivity contribution in [2.45, 2.75) is 40.2 Å². The first-order valence-corrected chi connectivity index (χ1v) is 10.0. The summed E-state index contributed by atoms with van der Waals surface area (Å²) in [7, 11) is 0. The van der Waals surface area contributed by atoms with Crippen molar-refractivity contribution in [3.63, 3.8) is 0 Å². The zero-order chi connectivity index (χ0) is 22.3. The molecule has 0 unspecified atom stereocenters. The van der Waals surface area contributed by atoms with Crippen LogP contribution in [0.3, 0.4) is 0 Å². The molecule has 0 aliphatic rings. The van der Waals surface area contributed by atoms with Gasteiger partial charge in [0.05, 0.1) is 23.7 Å². The molecule has 0 saturated carbocycles. The number of thiophene rings is 1. The van der Waals surface area contributed by atoms with E-state index in [0.717, 1.165) is 17.5 Å². The van der Waals surface area contributed by atoms with Gasteiger partial charge in [0.1, 0.15) is 22.3 Å². The molecule has 0 radical (unpaired) electrons. The van der Waals surface area contributed by atoms with Gasteiger partial charge in [-0.3, -0.25) is 19.6 Å². The highest BCUT2D eigenvalue weighted by molar-refractivity contribution is 7.18. The van der Waals surface area contributed by atoms with E-state index >= 15 is 0 Å². The maximum atomic E-state index is 12.4. The second-order valence-electron chi connectivity index (χ2n) is 6.07. The first kappa shape index (κ1) is 23.0. The number of nitrogens with one attached hydrogen (secondary N) is 1. The van der Waals surface area contributed by atoms with E-state index in [1.807, 2.05) is 0 Å². The monoisotopic (exact) mass is 438 g/mol. The van der Waals surface area contributed by atoms with E-state index in [1.54, 1.807) is 20.8 Å². The Balaban J connectivity index is 2.08. The van der Waals surface area contributed by atoms with Crippen molar-refractivity contribution in [3.05, 3.63) is 38.5 Å². The summed E-state index contributed by atoms with van der Waals surface area (Å²) in [6.07, 6.45) is 2.87. The van der Waals surface area contributed by atoms with Crippen LogP contribution in [0.1, 0.15) is 52.3 Å². The molecule has 0 spiro atoms. The molecule has 2 aromatic heterocycles. The lowest BCUT2D eigenvalue weighted by atomic mass is 10.1. The predicted molar refractivity (Wildman–Crippen MR) is 108 cm³/mol. The molecule has 2 aromatic rings. The fourth-order valence-electron chi connectivity index (χ4n) is 2.60. The van der Waals surface area contributed by atoms with Crippen LogP contribution in [0.5, 0.6) is 0 Å². The summed E-state index contributed by atoms with van der Waals surface area (Å²) in [5, 5.41) is 17.4. The molecule has 2 heterocycles. The van der Waals surface area contributed by atoms with Gasteiger partial charge in [-0.1, -0.05) is 0 Å². The maximum absolute atomic E-state index is 12.4.